The Labute approximate surface area is 81.9 Å². The summed E-state index contributed by atoms with van der Waals surface area (Å²) < 4.78 is 9.69. The van der Waals surface area contributed by atoms with Crippen LogP contribution < -0.4 is 0 Å². The Bertz CT molecular complexity index is 338. The third-order valence-electron chi connectivity index (χ3n) is 1.68. The number of furan rings is 1. The third kappa shape index (κ3) is 2.81. The lowest BCUT2D eigenvalue weighted by molar-refractivity contribution is -0.121. The molecule has 76 valence electrons. The number of methoxy groups -OCH3 is 1. The molecule has 0 bridgehead atoms. The van der Waals surface area contributed by atoms with Crippen LogP contribution in [0.3, 0.4) is 0 Å². The average molecular weight is 196 g/mol. The van der Waals surface area contributed by atoms with E-state index in [4.69, 9.17) is 4.42 Å². The number of ketones is 2. The highest BCUT2D eigenvalue weighted by Gasteiger charge is 2.14. The van der Waals surface area contributed by atoms with Crippen LogP contribution in [0.5, 0.6) is 0 Å². The van der Waals surface area contributed by atoms with Gasteiger partial charge in [-0.1, -0.05) is 0 Å². The third-order valence-corrected chi connectivity index (χ3v) is 1.68. The normalized spacial score (nSPS) is 10.1. The molecule has 1 rings (SSSR count). The summed E-state index contributed by atoms with van der Waals surface area (Å²) in [7, 11) is 1.42. The van der Waals surface area contributed by atoms with Crippen LogP contribution in [-0.4, -0.2) is 25.3 Å². The molecule has 0 aromatic carbocycles. The van der Waals surface area contributed by atoms with Crippen LogP contribution in [0.1, 0.15) is 22.7 Å². The summed E-state index contributed by atoms with van der Waals surface area (Å²) in [4.78, 5) is 22.4. The second kappa shape index (κ2) is 4.72. The maximum absolute atomic E-state index is 11.4. The minimum atomic E-state index is -0.305. The van der Waals surface area contributed by atoms with Gasteiger partial charge in [-0.25, -0.2) is 0 Å². The monoisotopic (exact) mass is 196 g/mol. The first-order valence-corrected chi connectivity index (χ1v) is 4.23. The lowest BCUT2D eigenvalue weighted by Crippen LogP contribution is -2.12. The maximum atomic E-state index is 11.4. The van der Waals surface area contributed by atoms with E-state index in [2.05, 4.69) is 4.74 Å². The molecule has 0 N–H and O–H groups in total. The van der Waals surface area contributed by atoms with Crippen LogP contribution in [0.4, 0.5) is 0 Å². The zero-order valence-corrected chi connectivity index (χ0v) is 8.20. The summed E-state index contributed by atoms with van der Waals surface area (Å²) in [6.45, 7) is 1.71. The quantitative estimate of drug-likeness (QED) is 0.527. The van der Waals surface area contributed by atoms with Gasteiger partial charge in [-0.2, -0.15) is 0 Å². The maximum Gasteiger partial charge on any atom is 0.205 e. The Kier molecular flexibility index (Phi) is 3.59. The first-order chi connectivity index (χ1) is 6.63. The molecule has 1 aromatic rings. The van der Waals surface area contributed by atoms with Gasteiger partial charge >= 0.3 is 0 Å². The first kappa shape index (κ1) is 10.7. The molecule has 0 saturated heterocycles. The van der Waals surface area contributed by atoms with E-state index in [9.17, 15) is 9.59 Å². The second-order valence-corrected chi connectivity index (χ2v) is 2.98. The number of ether oxygens (including phenoxy) is 1. The number of carbonyl (C=O) groups is 2. The first-order valence-electron chi connectivity index (χ1n) is 4.23. The summed E-state index contributed by atoms with van der Waals surface area (Å²) in [5, 5.41) is 0. The van der Waals surface area contributed by atoms with Gasteiger partial charge in [0.1, 0.15) is 12.4 Å². The van der Waals surface area contributed by atoms with Gasteiger partial charge in [-0.05, 0) is 19.1 Å². The van der Waals surface area contributed by atoms with Crippen molar-refractivity contribution >= 4 is 11.6 Å². The van der Waals surface area contributed by atoms with Crippen molar-refractivity contribution in [2.45, 2.75) is 13.3 Å². The number of Topliss-reactive ketones (excluding diaryl/α,β-unsaturated/α-hetero) is 2. The molecule has 0 unspecified atom stereocenters. The van der Waals surface area contributed by atoms with Crippen molar-refractivity contribution in [2.24, 2.45) is 0 Å². The van der Waals surface area contributed by atoms with Crippen LogP contribution in [0.25, 0.3) is 0 Å². The number of rotatable bonds is 5. The number of hydrogen-bond donors (Lipinski definition) is 0. The van der Waals surface area contributed by atoms with Crippen molar-refractivity contribution in [3.05, 3.63) is 23.7 Å². The van der Waals surface area contributed by atoms with Gasteiger partial charge in [0.2, 0.25) is 5.78 Å². The van der Waals surface area contributed by atoms with Crippen LogP contribution in [0.15, 0.2) is 16.5 Å². The highest BCUT2D eigenvalue weighted by atomic mass is 16.5. The van der Waals surface area contributed by atoms with Crippen LogP contribution in [0, 0.1) is 6.92 Å². The number of aryl methyl sites for hydroxylation is 1. The molecule has 0 atom stereocenters. The molecule has 0 fully saturated rings. The van der Waals surface area contributed by atoms with E-state index < -0.39 is 0 Å². The Morgan fingerprint density at radius 2 is 2.14 bits per heavy atom. The van der Waals surface area contributed by atoms with Crippen LogP contribution in [-0.2, 0) is 9.53 Å². The molecular weight excluding hydrogens is 184 g/mol. The van der Waals surface area contributed by atoms with Gasteiger partial charge in [-0.15, -0.1) is 0 Å². The molecule has 0 aliphatic rings. The molecule has 14 heavy (non-hydrogen) atoms. The fourth-order valence-electron chi connectivity index (χ4n) is 1.06. The highest BCUT2D eigenvalue weighted by molar-refractivity contribution is 6.06. The van der Waals surface area contributed by atoms with Gasteiger partial charge in [0.25, 0.3) is 0 Å². The van der Waals surface area contributed by atoms with Gasteiger partial charge in [-0.3, -0.25) is 9.59 Å². The molecule has 0 saturated carbocycles. The highest BCUT2D eigenvalue weighted by Crippen LogP contribution is 2.08. The fraction of sp³-hybridized carbons (Fsp3) is 0.400. The van der Waals surface area contributed by atoms with Gasteiger partial charge in [0.15, 0.2) is 11.5 Å². The summed E-state index contributed by atoms with van der Waals surface area (Å²) in [5.74, 6) is 0.339. The van der Waals surface area contributed by atoms with E-state index in [-0.39, 0.29) is 30.4 Å². The topological polar surface area (TPSA) is 56.5 Å². The molecule has 0 radical (unpaired) electrons. The van der Waals surface area contributed by atoms with Crippen molar-refractivity contribution < 1.29 is 18.7 Å². The van der Waals surface area contributed by atoms with E-state index in [1.807, 2.05) is 0 Å². The van der Waals surface area contributed by atoms with Crippen LogP contribution >= 0.6 is 0 Å². The lowest BCUT2D eigenvalue weighted by Gasteiger charge is -1.96. The summed E-state index contributed by atoms with van der Waals surface area (Å²) in [6, 6.07) is 3.26. The predicted molar refractivity (Wildman–Crippen MR) is 49.3 cm³/mol. The lowest BCUT2D eigenvalue weighted by atomic mass is 10.2. The van der Waals surface area contributed by atoms with E-state index in [1.54, 1.807) is 19.1 Å². The molecule has 0 spiro atoms. The smallest absolute Gasteiger partial charge is 0.205 e. The molecule has 1 heterocycles. The molecule has 4 heteroatoms. The largest absolute Gasteiger partial charge is 0.458 e. The van der Waals surface area contributed by atoms with E-state index in [0.717, 1.165) is 0 Å². The minimum Gasteiger partial charge on any atom is -0.458 e. The number of hydrogen-bond acceptors (Lipinski definition) is 4. The van der Waals surface area contributed by atoms with Gasteiger partial charge in [0, 0.05) is 7.11 Å². The Balaban J connectivity index is 2.55. The van der Waals surface area contributed by atoms with Crippen molar-refractivity contribution in [3.8, 4) is 0 Å². The fourth-order valence-corrected chi connectivity index (χ4v) is 1.06. The minimum absolute atomic E-state index is 0.0363. The Morgan fingerprint density at radius 3 is 2.64 bits per heavy atom. The van der Waals surface area contributed by atoms with E-state index in [1.165, 1.54) is 7.11 Å². The number of carbonyl (C=O) groups excluding carboxylic acids is 2. The SMILES string of the molecule is COCC(=O)CC(=O)c1ccc(C)o1. The zero-order chi connectivity index (χ0) is 10.6. The predicted octanol–water partition coefficient (Wildman–Crippen LogP) is 1.38. The van der Waals surface area contributed by atoms with Crippen molar-refractivity contribution in [3.63, 3.8) is 0 Å². The van der Waals surface area contributed by atoms with Crippen molar-refractivity contribution in [2.75, 3.05) is 13.7 Å². The van der Waals surface area contributed by atoms with Crippen molar-refractivity contribution in [1.29, 1.82) is 0 Å². The standard InChI is InChI=1S/C10H12O4/c1-7-3-4-10(14-7)9(12)5-8(11)6-13-2/h3-4H,5-6H2,1-2H3. The van der Waals surface area contributed by atoms with E-state index in [0.29, 0.717) is 5.76 Å². The summed E-state index contributed by atoms with van der Waals surface area (Å²) >= 11 is 0. The van der Waals surface area contributed by atoms with E-state index >= 15 is 0 Å². The molecular formula is C10H12O4. The summed E-state index contributed by atoms with van der Waals surface area (Å²) in [6.07, 6.45) is -0.166. The van der Waals surface area contributed by atoms with Gasteiger partial charge < -0.3 is 9.15 Å². The van der Waals surface area contributed by atoms with Crippen LogP contribution in [0.2, 0.25) is 0 Å². The van der Waals surface area contributed by atoms with Gasteiger partial charge in [0.05, 0.1) is 6.42 Å². The Morgan fingerprint density at radius 1 is 1.43 bits per heavy atom. The average Bonchev–Trinajstić information content (AvgIpc) is 2.52. The summed E-state index contributed by atoms with van der Waals surface area (Å²) in [5.41, 5.74) is 0. The molecule has 0 aliphatic heterocycles. The molecule has 4 nitrogen and oxygen atoms in total. The van der Waals surface area contributed by atoms with Crippen molar-refractivity contribution in [1.82, 2.24) is 0 Å². The Hall–Kier alpha value is -1.42. The molecule has 1 aromatic heterocycles. The molecule has 0 amide bonds. The second-order valence-electron chi connectivity index (χ2n) is 2.98. The zero-order valence-electron chi connectivity index (χ0n) is 8.20. The molecule has 0 aliphatic carbocycles.